The Kier molecular flexibility index (Phi) is 5.69. The molecule has 1 amide bonds. The molecule has 0 radical (unpaired) electrons. The molecule has 25 heavy (non-hydrogen) atoms. The summed E-state index contributed by atoms with van der Waals surface area (Å²) in [6.45, 7) is 5.29. The summed E-state index contributed by atoms with van der Waals surface area (Å²) in [5.74, 6) is 1.02. The highest BCUT2D eigenvalue weighted by Crippen LogP contribution is 2.16. The highest BCUT2D eigenvalue weighted by atomic mass is 32.2. The van der Waals surface area contributed by atoms with Gasteiger partial charge in [0.15, 0.2) is 5.16 Å². The van der Waals surface area contributed by atoms with Gasteiger partial charge in [-0.1, -0.05) is 18.7 Å². The number of rotatable bonds is 6. The van der Waals surface area contributed by atoms with Crippen LogP contribution in [0.1, 0.15) is 13.3 Å². The van der Waals surface area contributed by atoms with E-state index in [1.54, 1.807) is 23.0 Å². The molecule has 3 heterocycles. The molecule has 1 aliphatic heterocycles. The minimum atomic E-state index is -0.228. The predicted molar refractivity (Wildman–Crippen MR) is 94.7 cm³/mol. The second-order valence-electron chi connectivity index (χ2n) is 5.67. The first-order valence-electron chi connectivity index (χ1n) is 8.26. The van der Waals surface area contributed by atoms with E-state index >= 15 is 0 Å². The number of amides is 1. The topological polar surface area (TPSA) is 100 Å². The third kappa shape index (κ3) is 4.19. The van der Waals surface area contributed by atoms with Gasteiger partial charge in [-0.15, -0.1) is 5.10 Å². The molecule has 2 aromatic rings. The largest absolute Gasteiger partial charge is 0.343 e. The van der Waals surface area contributed by atoms with Crippen molar-refractivity contribution in [1.82, 2.24) is 29.6 Å². The average Bonchev–Trinajstić information content (AvgIpc) is 3.01. The van der Waals surface area contributed by atoms with Gasteiger partial charge in [-0.25, -0.2) is 19.9 Å². The zero-order valence-electron chi connectivity index (χ0n) is 14.1. The molecule has 0 atom stereocenters. The molecule has 0 aromatic carbocycles. The number of nitrogens with zero attached hydrogens (tertiary/aromatic N) is 6. The molecule has 0 aliphatic carbocycles. The Morgan fingerprint density at radius 2 is 1.96 bits per heavy atom. The smallest absolute Gasteiger partial charge is 0.338 e. The molecule has 10 heteroatoms. The van der Waals surface area contributed by atoms with Crippen LogP contribution in [-0.2, 0) is 11.3 Å². The van der Waals surface area contributed by atoms with Crippen molar-refractivity contribution in [3.05, 3.63) is 28.9 Å². The fraction of sp³-hybridized carbons (Fsp3) is 0.533. The first-order chi connectivity index (χ1) is 12.2. The lowest BCUT2D eigenvalue weighted by Gasteiger charge is -2.34. The van der Waals surface area contributed by atoms with Crippen LogP contribution in [-0.4, -0.2) is 67.5 Å². The van der Waals surface area contributed by atoms with Gasteiger partial charge in [-0.3, -0.25) is 9.36 Å². The van der Waals surface area contributed by atoms with Crippen LogP contribution in [0, 0.1) is 0 Å². The number of anilines is 1. The first kappa shape index (κ1) is 17.5. The van der Waals surface area contributed by atoms with Gasteiger partial charge < -0.3 is 9.80 Å². The van der Waals surface area contributed by atoms with Crippen LogP contribution in [0.3, 0.4) is 0 Å². The van der Waals surface area contributed by atoms with Gasteiger partial charge in [0.1, 0.15) is 0 Å². The van der Waals surface area contributed by atoms with Crippen molar-refractivity contribution in [2.75, 3.05) is 36.8 Å². The summed E-state index contributed by atoms with van der Waals surface area (Å²) in [6.07, 6.45) is 4.27. The van der Waals surface area contributed by atoms with E-state index in [-0.39, 0.29) is 17.3 Å². The Balaban J connectivity index is 1.51. The highest BCUT2D eigenvalue weighted by Gasteiger charge is 2.23. The summed E-state index contributed by atoms with van der Waals surface area (Å²) in [6, 6.07) is 1.79. The van der Waals surface area contributed by atoms with Crippen molar-refractivity contribution in [2.24, 2.45) is 0 Å². The van der Waals surface area contributed by atoms with Crippen LogP contribution in [0.4, 0.5) is 5.95 Å². The Hall–Kier alpha value is -2.36. The van der Waals surface area contributed by atoms with Crippen LogP contribution in [0.25, 0.3) is 0 Å². The Morgan fingerprint density at radius 1 is 1.24 bits per heavy atom. The van der Waals surface area contributed by atoms with Crippen molar-refractivity contribution in [3.8, 4) is 0 Å². The number of aromatic nitrogens is 5. The number of hydrogen-bond acceptors (Lipinski definition) is 7. The maximum Gasteiger partial charge on any atom is 0.343 e. The first-order valence-corrected chi connectivity index (χ1v) is 9.25. The number of H-pyrrole nitrogens is 1. The van der Waals surface area contributed by atoms with E-state index in [9.17, 15) is 9.59 Å². The van der Waals surface area contributed by atoms with Gasteiger partial charge in [0.2, 0.25) is 11.9 Å². The zero-order chi connectivity index (χ0) is 17.6. The van der Waals surface area contributed by atoms with Crippen LogP contribution >= 0.6 is 11.8 Å². The quantitative estimate of drug-likeness (QED) is 0.733. The number of carbonyl (C=O) groups excluding carboxylic acids is 1. The minimum absolute atomic E-state index is 0.0529. The summed E-state index contributed by atoms with van der Waals surface area (Å²) in [4.78, 5) is 36.5. The molecule has 9 nitrogen and oxygen atoms in total. The SMILES string of the molecule is CCCn1c(SCC(=O)N2CCN(c3ncccn3)CC2)n[nH]c1=O. The number of aromatic amines is 1. The van der Waals surface area contributed by atoms with Crippen LogP contribution in [0.2, 0.25) is 0 Å². The number of thioether (sulfide) groups is 1. The Bertz CT molecular complexity index is 753. The van der Waals surface area contributed by atoms with Gasteiger partial charge in [-0.05, 0) is 12.5 Å². The van der Waals surface area contributed by atoms with E-state index in [1.807, 2.05) is 11.8 Å². The Morgan fingerprint density at radius 3 is 2.64 bits per heavy atom. The van der Waals surface area contributed by atoms with E-state index in [2.05, 4.69) is 25.1 Å². The molecular weight excluding hydrogens is 342 g/mol. The molecule has 1 fully saturated rings. The molecule has 134 valence electrons. The molecule has 0 bridgehead atoms. The number of carbonyl (C=O) groups is 1. The summed E-state index contributed by atoms with van der Waals surface area (Å²) in [5, 5.41) is 7.00. The minimum Gasteiger partial charge on any atom is -0.338 e. The lowest BCUT2D eigenvalue weighted by molar-refractivity contribution is -0.128. The molecule has 1 N–H and O–H groups in total. The maximum absolute atomic E-state index is 12.4. The summed E-state index contributed by atoms with van der Waals surface area (Å²) < 4.78 is 1.57. The molecule has 1 saturated heterocycles. The van der Waals surface area contributed by atoms with Crippen molar-refractivity contribution < 1.29 is 4.79 Å². The number of nitrogens with one attached hydrogen (secondary N) is 1. The van der Waals surface area contributed by atoms with Gasteiger partial charge in [0.25, 0.3) is 0 Å². The fourth-order valence-electron chi connectivity index (χ4n) is 2.66. The van der Waals surface area contributed by atoms with E-state index in [1.165, 1.54) is 11.8 Å². The Labute approximate surface area is 149 Å². The normalized spacial score (nSPS) is 14.8. The van der Waals surface area contributed by atoms with Crippen molar-refractivity contribution in [3.63, 3.8) is 0 Å². The van der Waals surface area contributed by atoms with Crippen LogP contribution in [0.5, 0.6) is 0 Å². The van der Waals surface area contributed by atoms with Crippen LogP contribution in [0.15, 0.2) is 28.4 Å². The molecule has 2 aromatic heterocycles. The van der Waals surface area contributed by atoms with E-state index < -0.39 is 0 Å². The van der Waals surface area contributed by atoms with Gasteiger partial charge in [0.05, 0.1) is 5.75 Å². The third-order valence-electron chi connectivity index (χ3n) is 3.96. The summed E-state index contributed by atoms with van der Waals surface area (Å²) in [5.41, 5.74) is -0.228. The van der Waals surface area contributed by atoms with Gasteiger partial charge >= 0.3 is 5.69 Å². The van der Waals surface area contributed by atoms with Gasteiger partial charge in [-0.2, -0.15) is 0 Å². The van der Waals surface area contributed by atoms with Crippen molar-refractivity contribution >= 4 is 23.6 Å². The lowest BCUT2D eigenvalue weighted by Crippen LogP contribution is -2.49. The van der Waals surface area contributed by atoms with Crippen molar-refractivity contribution in [1.29, 1.82) is 0 Å². The second kappa shape index (κ2) is 8.15. The summed E-state index contributed by atoms with van der Waals surface area (Å²) in [7, 11) is 0. The molecular formula is C15H21N7O2S. The standard InChI is InChI=1S/C15H21N7O2S/c1-2-6-22-14(24)18-19-15(22)25-11-12(23)20-7-9-21(10-8-20)13-16-4-3-5-17-13/h3-5H,2,6-11H2,1H3,(H,18,24). The van der Waals surface area contributed by atoms with Crippen molar-refractivity contribution in [2.45, 2.75) is 25.0 Å². The van der Waals surface area contributed by atoms with Gasteiger partial charge in [0, 0.05) is 45.1 Å². The van der Waals surface area contributed by atoms with E-state index in [0.29, 0.717) is 43.8 Å². The molecule has 0 unspecified atom stereocenters. The number of hydrogen-bond donors (Lipinski definition) is 1. The molecule has 0 saturated carbocycles. The van der Waals surface area contributed by atoms with E-state index in [4.69, 9.17) is 0 Å². The van der Waals surface area contributed by atoms with Crippen LogP contribution < -0.4 is 10.6 Å². The highest BCUT2D eigenvalue weighted by molar-refractivity contribution is 7.99. The maximum atomic E-state index is 12.4. The molecule has 3 rings (SSSR count). The predicted octanol–water partition coefficient (Wildman–Crippen LogP) is 0.212. The van der Waals surface area contributed by atoms with E-state index in [0.717, 1.165) is 6.42 Å². The fourth-order valence-corrected chi connectivity index (χ4v) is 3.54. The monoisotopic (exact) mass is 363 g/mol. The number of piperazine rings is 1. The molecule has 0 spiro atoms. The average molecular weight is 363 g/mol. The lowest BCUT2D eigenvalue weighted by atomic mass is 10.3. The zero-order valence-corrected chi connectivity index (χ0v) is 14.9. The molecule has 1 aliphatic rings. The third-order valence-corrected chi connectivity index (χ3v) is 4.92. The second-order valence-corrected chi connectivity index (χ2v) is 6.61. The summed E-state index contributed by atoms with van der Waals surface area (Å²) >= 11 is 1.30.